The molecule has 0 aromatic carbocycles. The molecule has 2 rings (SSSR count). The molecule has 2 aromatic rings. The van der Waals surface area contributed by atoms with Gasteiger partial charge in [-0.05, 0) is 49.9 Å². The Morgan fingerprint density at radius 1 is 0.944 bits per heavy atom. The minimum Gasteiger partial charge on any atom is -0.355 e. The van der Waals surface area contributed by atoms with Gasteiger partial charge in [-0.2, -0.15) is 0 Å². The van der Waals surface area contributed by atoms with E-state index in [0.717, 1.165) is 35.4 Å². The Balaban J connectivity index is 2.40. The smallest absolute Gasteiger partial charge is 0.225 e. The summed E-state index contributed by atoms with van der Waals surface area (Å²) in [5.74, 6) is 0.0596. The Labute approximate surface area is 108 Å². The van der Waals surface area contributed by atoms with Gasteiger partial charge in [0.1, 0.15) is 0 Å². The zero-order chi connectivity index (χ0) is 13.3. The zero-order valence-corrected chi connectivity index (χ0v) is 11.5. The maximum atomic E-state index is 12.5. The van der Waals surface area contributed by atoms with E-state index >= 15 is 0 Å². The summed E-state index contributed by atoms with van der Waals surface area (Å²) in [5.41, 5.74) is 5.67. The van der Waals surface area contributed by atoms with Crippen LogP contribution in [0, 0.1) is 13.8 Å². The molecule has 2 aromatic heterocycles. The highest BCUT2D eigenvalue weighted by Gasteiger charge is 2.18. The third kappa shape index (κ3) is 2.13. The Hall–Kier alpha value is -1.77. The van der Waals surface area contributed by atoms with E-state index in [4.69, 9.17) is 0 Å². The molecule has 0 fully saturated rings. The largest absolute Gasteiger partial charge is 0.355 e. The molecule has 0 aliphatic rings. The standard InChI is InChI=1S/C15H20N2O/c1-5-11-7-9(3)13(16-11)15(18)14-10(4)8-12(6-2)17-14/h7-8,16-17H,5-6H2,1-4H3. The lowest BCUT2D eigenvalue weighted by atomic mass is 10.1. The minimum absolute atomic E-state index is 0.0596. The van der Waals surface area contributed by atoms with E-state index in [1.54, 1.807) is 0 Å². The number of carbonyl (C=O) groups is 1. The molecular weight excluding hydrogens is 224 g/mol. The normalized spacial score (nSPS) is 10.9. The van der Waals surface area contributed by atoms with Crippen molar-refractivity contribution < 1.29 is 4.79 Å². The summed E-state index contributed by atoms with van der Waals surface area (Å²) in [4.78, 5) is 18.9. The number of aryl methyl sites for hydroxylation is 4. The molecule has 0 radical (unpaired) electrons. The number of hydrogen-bond donors (Lipinski definition) is 2. The first-order chi connectivity index (χ1) is 8.56. The number of H-pyrrole nitrogens is 2. The van der Waals surface area contributed by atoms with Crippen LogP contribution >= 0.6 is 0 Å². The molecule has 0 unspecified atom stereocenters. The van der Waals surface area contributed by atoms with Crippen molar-refractivity contribution in [2.24, 2.45) is 0 Å². The highest BCUT2D eigenvalue weighted by molar-refractivity contribution is 6.08. The molecule has 0 saturated carbocycles. The summed E-state index contributed by atoms with van der Waals surface area (Å²) in [6.07, 6.45) is 1.83. The van der Waals surface area contributed by atoms with Crippen molar-refractivity contribution in [2.75, 3.05) is 0 Å². The first kappa shape index (κ1) is 12.7. The van der Waals surface area contributed by atoms with Gasteiger partial charge in [-0.1, -0.05) is 13.8 Å². The fourth-order valence-corrected chi connectivity index (χ4v) is 2.24. The van der Waals surface area contributed by atoms with Gasteiger partial charge >= 0.3 is 0 Å². The molecule has 0 spiro atoms. The zero-order valence-electron chi connectivity index (χ0n) is 11.5. The predicted molar refractivity (Wildman–Crippen MR) is 73.2 cm³/mol. The van der Waals surface area contributed by atoms with Crippen molar-refractivity contribution in [1.82, 2.24) is 9.97 Å². The maximum absolute atomic E-state index is 12.5. The Morgan fingerprint density at radius 3 is 1.61 bits per heavy atom. The third-order valence-electron chi connectivity index (χ3n) is 3.36. The minimum atomic E-state index is 0.0596. The van der Waals surface area contributed by atoms with Crippen molar-refractivity contribution in [1.29, 1.82) is 0 Å². The summed E-state index contributed by atoms with van der Waals surface area (Å²) >= 11 is 0. The molecule has 3 heteroatoms. The highest BCUT2D eigenvalue weighted by Crippen LogP contribution is 2.18. The lowest BCUT2D eigenvalue weighted by Crippen LogP contribution is -2.06. The van der Waals surface area contributed by atoms with Gasteiger partial charge in [0.25, 0.3) is 0 Å². The van der Waals surface area contributed by atoms with Gasteiger partial charge in [-0.3, -0.25) is 4.79 Å². The first-order valence-corrected chi connectivity index (χ1v) is 6.48. The molecule has 0 aliphatic carbocycles. The lowest BCUT2D eigenvalue weighted by molar-refractivity contribution is 0.102. The molecule has 3 nitrogen and oxygen atoms in total. The molecule has 0 saturated heterocycles. The van der Waals surface area contributed by atoms with Gasteiger partial charge in [0, 0.05) is 11.4 Å². The molecule has 18 heavy (non-hydrogen) atoms. The van der Waals surface area contributed by atoms with Crippen LogP contribution in [0.2, 0.25) is 0 Å². The van der Waals surface area contributed by atoms with Crippen LogP contribution in [0.25, 0.3) is 0 Å². The van der Waals surface area contributed by atoms with Gasteiger partial charge in [-0.25, -0.2) is 0 Å². The van der Waals surface area contributed by atoms with Crippen LogP contribution in [0.3, 0.4) is 0 Å². The first-order valence-electron chi connectivity index (χ1n) is 6.48. The Kier molecular flexibility index (Phi) is 3.41. The molecule has 0 aliphatic heterocycles. The number of rotatable bonds is 4. The van der Waals surface area contributed by atoms with Crippen LogP contribution in [0.5, 0.6) is 0 Å². The molecular formula is C15H20N2O. The molecule has 0 bridgehead atoms. The van der Waals surface area contributed by atoms with Crippen molar-refractivity contribution in [3.8, 4) is 0 Å². The van der Waals surface area contributed by atoms with Gasteiger partial charge in [-0.15, -0.1) is 0 Å². The van der Waals surface area contributed by atoms with Crippen LogP contribution in [-0.2, 0) is 12.8 Å². The SMILES string of the molecule is CCc1cc(C)c(C(=O)c2[nH]c(CC)cc2C)[nH]1. The van der Waals surface area contributed by atoms with E-state index in [1.807, 2.05) is 26.0 Å². The number of ketones is 1. The van der Waals surface area contributed by atoms with E-state index in [0.29, 0.717) is 11.4 Å². The Bertz CT molecular complexity index is 525. The maximum Gasteiger partial charge on any atom is 0.225 e. The predicted octanol–water partition coefficient (Wildman–Crippen LogP) is 3.32. The van der Waals surface area contributed by atoms with E-state index in [1.165, 1.54) is 0 Å². The quantitative estimate of drug-likeness (QED) is 0.796. The van der Waals surface area contributed by atoms with Crippen LogP contribution in [0.4, 0.5) is 0 Å². The Morgan fingerprint density at radius 2 is 1.33 bits per heavy atom. The number of nitrogens with one attached hydrogen (secondary N) is 2. The molecule has 0 atom stereocenters. The second kappa shape index (κ2) is 4.84. The second-order valence-corrected chi connectivity index (χ2v) is 4.74. The van der Waals surface area contributed by atoms with E-state index in [9.17, 15) is 4.79 Å². The van der Waals surface area contributed by atoms with E-state index in [-0.39, 0.29) is 5.78 Å². The summed E-state index contributed by atoms with van der Waals surface area (Å²) in [7, 11) is 0. The molecule has 0 amide bonds. The van der Waals surface area contributed by atoms with Crippen LogP contribution in [0.15, 0.2) is 12.1 Å². The third-order valence-corrected chi connectivity index (χ3v) is 3.36. The van der Waals surface area contributed by atoms with Gasteiger partial charge in [0.2, 0.25) is 5.78 Å². The summed E-state index contributed by atoms with van der Waals surface area (Å²) in [6.45, 7) is 8.10. The molecule has 96 valence electrons. The fraction of sp³-hybridized carbons (Fsp3) is 0.400. The average Bonchev–Trinajstić information content (AvgIpc) is 2.91. The van der Waals surface area contributed by atoms with Gasteiger partial charge < -0.3 is 9.97 Å². The summed E-state index contributed by atoms with van der Waals surface area (Å²) in [5, 5.41) is 0. The van der Waals surface area contributed by atoms with Gasteiger partial charge in [0.05, 0.1) is 11.4 Å². The van der Waals surface area contributed by atoms with Crippen LogP contribution in [0.1, 0.15) is 52.5 Å². The highest BCUT2D eigenvalue weighted by atomic mass is 16.1. The van der Waals surface area contributed by atoms with Crippen molar-refractivity contribution in [2.45, 2.75) is 40.5 Å². The second-order valence-electron chi connectivity index (χ2n) is 4.74. The van der Waals surface area contributed by atoms with Gasteiger partial charge in [0.15, 0.2) is 0 Å². The summed E-state index contributed by atoms with van der Waals surface area (Å²) in [6, 6.07) is 4.10. The lowest BCUT2D eigenvalue weighted by Gasteiger charge is -2.00. The fourth-order valence-electron chi connectivity index (χ4n) is 2.24. The number of aromatic amines is 2. The topological polar surface area (TPSA) is 48.6 Å². The number of hydrogen-bond acceptors (Lipinski definition) is 1. The van der Waals surface area contributed by atoms with Crippen molar-refractivity contribution in [3.05, 3.63) is 46.0 Å². The number of aromatic nitrogens is 2. The molecule has 2 heterocycles. The van der Waals surface area contributed by atoms with Crippen molar-refractivity contribution >= 4 is 5.78 Å². The number of carbonyl (C=O) groups excluding carboxylic acids is 1. The van der Waals surface area contributed by atoms with E-state index in [2.05, 4.69) is 23.8 Å². The summed E-state index contributed by atoms with van der Waals surface area (Å²) < 4.78 is 0. The monoisotopic (exact) mass is 244 g/mol. The van der Waals surface area contributed by atoms with Crippen LogP contribution in [-0.4, -0.2) is 15.8 Å². The van der Waals surface area contributed by atoms with Crippen molar-refractivity contribution in [3.63, 3.8) is 0 Å². The van der Waals surface area contributed by atoms with E-state index < -0.39 is 0 Å². The average molecular weight is 244 g/mol. The molecule has 2 N–H and O–H groups in total. The van der Waals surface area contributed by atoms with Crippen LogP contribution < -0.4 is 0 Å².